The minimum Gasteiger partial charge on any atom is -0.450 e. The lowest BCUT2D eigenvalue weighted by atomic mass is 10.1. The molecule has 1 N–H and O–H groups in total. The smallest absolute Gasteiger partial charge is 0.409 e. The van der Waals surface area contributed by atoms with Gasteiger partial charge in [-0.05, 0) is 39.8 Å². The lowest BCUT2D eigenvalue weighted by Crippen LogP contribution is -2.48. The molecule has 2 amide bonds. The van der Waals surface area contributed by atoms with Crippen LogP contribution in [0, 0.1) is 0 Å². The Bertz CT molecular complexity index is 328. The van der Waals surface area contributed by atoms with Crippen LogP contribution < -0.4 is 5.32 Å². The van der Waals surface area contributed by atoms with Crippen molar-refractivity contribution in [3.8, 4) is 0 Å². The summed E-state index contributed by atoms with van der Waals surface area (Å²) in [7, 11) is 1.97. The zero-order valence-corrected chi connectivity index (χ0v) is 13.6. The molecule has 0 spiro atoms. The van der Waals surface area contributed by atoms with Gasteiger partial charge < -0.3 is 15.0 Å². The lowest BCUT2D eigenvalue weighted by Gasteiger charge is -2.32. The molecule has 1 aliphatic rings. The third kappa shape index (κ3) is 6.80. The fourth-order valence-electron chi connectivity index (χ4n) is 2.45. The largest absolute Gasteiger partial charge is 0.450 e. The highest BCUT2D eigenvalue weighted by Gasteiger charge is 2.24. The molecule has 0 bridgehead atoms. The first-order valence-corrected chi connectivity index (χ1v) is 7.96. The molecule has 0 atom stereocenters. The second-order valence-corrected chi connectivity index (χ2v) is 5.62. The van der Waals surface area contributed by atoms with E-state index in [9.17, 15) is 9.59 Å². The van der Waals surface area contributed by atoms with Crippen molar-refractivity contribution in [1.29, 1.82) is 0 Å². The zero-order chi connectivity index (χ0) is 15.7. The van der Waals surface area contributed by atoms with Gasteiger partial charge in [0.05, 0.1) is 13.2 Å². The molecule has 21 heavy (non-hydrogen) atoms. The number of ether oxygens (including phenoxy) is 1. The predicted octanol–water partition coefficient (Wildman–Crippen LogP) is 1.46. The van der Waals surface area contributed by atoms with Crippen molar-refractivity contribution in [2.24, 2.45) is 0 Å². The predicted molar refractivity (Wildman–Crippen MR) is 82.2 cm³/mol. The van der Waals surface area contributed by atoms with Gasteiger partial charge in [0.1, 0.15) is 0 Å². The Morgan fingerprint density at radius 3 is 2.52 bits per heavy atom. The number of carbonyl (C=O) groups is 2. The van der Waals surface area contributed by atoms with Crippen molar-refractivity contribution in [2.45, 2.75) is 45.6 Å². The van der Waals surface area contributed by atoms with Crippen molar-refractivity contribution in [1.82, 2.24) is 15.1 Å². The highest BCUT2D eigenvalue weighted by Crippen LogP contribution is 2.11. The molecule has 1 saturated heterocycles. The summed E-state index contributed by atoms with van der Waals surface area (Å²) in [5, 5.41) is 3.06. The number of carbonyl (C=O) groups excluding carboxylic acids is 2. The van der Waals surface area contributed by atoms with Crippen molar-refractivity contribution >= 4 is 12.0 Å². The molecule has 6 nitrogen and oxygen atoms in total. The zero-order valence-electron chi connectivity index (χ0n) is 13.6. The highest BCUT2D eigenvalue weighted by molar-refractivity contribution is 5.78. The first-order chi connectivity index (χ1) is 10.1. The number of unbranched alkanes of at least 4 members (excludes halogenated alkanes) is 1. The van der Waals surface area contributed by atoms with Gasteiger partial charge in [-0.1, -0.05) is 13.3 Å². The molecular weight excluding hydrogens is 270 g/mol. The second kappa shape index (κ2) is 9.60. The summed E-state index contributed by atoms with van der Waals surface area (Å²) >= 11 is 0. The monoisotopic (exact) mass is 299 g/mol. The normalized spacial score (nSPS) is 16.1. The van der Waals surface area contributed by atoms with Crippen LogP contribution in [0.1, 0.15) is 39.5 Å². The van der Waals surface area contributed by atoms with Gasteiger partial charge in [-0.2, -0.15) is 0 Å². The number of nitrogens with one attached hydrogen (secondary N) is 1. The van der Waals surface area contributed by atoms with Crippen LogP contribution in [0.4, 0.5) is 4.79 Å². The molecule has 6 heteroatoms. The van der Waals surface area contributed by atoms with Crippen molar-refractivity contribution in [2.75, 3.05) is 39.8 Å². The van der Waals surface area contributed by atoms with Gasteiger partial charge in [0.15, 0.2) is 0 Å². The molecule has 1 rings (SSSR count). The van der Waals surface area contributed by atoms with Crippen molar-refractivity contribution in [3.05, 3.63) is 0 Å². The Kier molecular flexibility index (Phi) is 8.12. The number of likely N-dealkylation sites (N-methyl/N-ethyl adjacent to an activating group) is 1. The first-order valence-electron chi connectivity index (χ1n) is 7.96. The standard InChI is InChI=1S/C15H29N3O3/c1-4-6-9-17(3)12-14(19)16-13-7-10-18(11-8-13)15(20)21-5-2/h13H,4-12H2,1-3H3,(H,16,19). The Labute approximate surface area is 127 Å². The molecule has 122 valence electrons. The molecule has 0 aliphatic carbocycles. The maximum Gasteiger partial charge on any atom is 0.409 e. The minimum atomic E-state index is -0.249. The van der Waals surface area contributed by atoms with Crippen LogP contribution in [0.25, 0.3) is 0 Å². The maximum atomic E-state index is 11.9. The first kappa shape index (κ1) is 17.8. The Balaban J connectivity index is 2.22. The van der Waals surface area contributed by atoms with E-state index in [2.05, 4.69) is 12.2 Å². The molecule has 0 aromatic carbocycles. The summed E-state index contributed by atoms with van der Waals surface area (Å²) < 4.78 is 4.98. The van der Waals surface area contributed by atoms with E-state index >= 15 is 0 Å². The van der Waals surface area contributed by atoms with Crippen LogP contribution in [-0.4, -0.2) is 67.7 Å². The van der Waals surface area contributed by atoms with Crippen LogP contribution in [0.15, 0.2) is 0 Å². The van der Waals surface area contributed by atoms with E-state index in [4.69, 9.17) is 4.74 Å². The molecule has 0 aromatic rings. The molecule has 0 unspecified atom stereocenters. The SMILES string of the molecule is CCCCN(C)CC(=O)NC1CCN(C(=O)OCC)CC1. The fourth-order valence-corrected chi connectivity index (χ4v) is 2.45. The van der Waals surface area contributed by atoms with Gasteiger partial charge in [-0.25, -0.2) is 4.79 Å². The fraction of sp³-hybridized carbons (Fsp3) is 0.867. The summed E-state index contributed by atoms with van der Waals surface area (Å²) in [5.74, 6) is 0.0724. The number of nitrogens with zero attached hydrogens (tertiary/aromatic N) is 2. The molecule has 0 radical (unpaired) electrons. The van der Waals surface area contributed by atoms with E-state index in [1.54, 1.807) is 11.8 Å². The van der Waals surface area contributed by atoms with Crippen molar-refractivity contribution < 1.29 is 14.3 Å². The molecular formula is C15H29N3O3. The number of piperidine rings is 1. The van der Waals surface area contributed by atoms with Crippen LogP contribution in [0.3, 0.4) is 0 Å². The van der Waals surface area contributed by atoms with E-state index in [-0.39, 0.29) is 18.0 Å². The van der Waals surface area contributed by atoms with Crippen LogP contribution in [-0.2, 0) is 9.53 Å². The van der Waals surface area contributed by atoms with E-state index in [1.165, 1.54) is 0 Å². The van der Waals surface area contributed by atoms with Gasteiger partial charge in [0.2, 0.25) is 5.91 Å². The molecule has 0 aromatic heterocycles. The van der Waals surface area contributed by atoms with Crippen LogP contribution >= 0.6 is 0 Å². The minimum absolute atomic E-state index is 0.0724. The third-order valence-corrected chi connectivity index (χ3v) is 3.69. The third-order valence-electron chi connectivity index (χ3n) is 3.69. The Morgan fingerprint density at radius 2 is 1.95 bits per heavy atom. The molecule has 1 aliphatic heterocycles. The van der Waals surface area contributed by atoms with Gasteiger partial charge >= 0.3 is 6.09 Å². The number of hydrogen-bond donors (Lipinski definition) is 1. The van der Waals surface area contributed by atoms with E-state index in [1.807, 2.05) is 11.9 Å². The average Bonchev–Trinajstić information content (AvgIpc) is 2.46. The molecule has 0 saturated carbocycles. The topological polar surface area (TPSA) is 61.9 Å². The lowest BCUT2D eigenvalue weighted by molar-refractivity contribution is -0.122. The number of likely N-dealkylation sites (tertiary alicyclic amines) is 1. The Morgan fingerprint density at radius 1 is 1.29 bits per heavy atom. The van der Waals surface area contributed by atoms with Gasteiger partial charge in [0.25, 0.3) is 0 Å². The maximum absolute atomic E-state index is 11.9. The second-order valence-electron chi connectivity index (χ2n) is 5.62. The summed E-state index contributed by atoms with van der Waals surface area (Å²) in [6.07, 6.45) is 3.59. The van der Waals surface area contributed by atoms with Gasteiger partial charge in [-0.3, -0.25) is 9.69 Å². The molecule has 1 fully saturated rings. The molecule has 1 heterocycles. The van der Waals surface area contributed by atoms with E-state index in [0.717, 1.165) is 32.2 Å². The quantitative estimate of drug-likeness (QED) is 0.773. The number of amides is 2. The van der Waals surface area contributed by atoms with E-state index in [0.29, 0.717) is 26.2 Å². The summed E-state index contributed by atoms with van der Waals surface area (Å²) in [6, 6.07) is 0.169. The van der Waals surface area contributed by atoms with Crippen molar-refractivity contribution in [3.63, 3.8) is 0 Å². The number of rotatable bonds is 7. The summed E-state index contributed by atoms with van der Waals surface area (Å²) in [4.78, 5) is 27.3. The highest BCUT2D eigenvalue weighted by atomic mass is 16.6. The van der Waals surface area contributed by atoms with Crippen LogP contribution in [0.5, 0.6) is 0 Å². The Hall–Kier alpha value is -1.30. The number of hydrogen-bond acceptors (Lipinski definition) is 4. The van der Waals surface area contributed by atoms with Crippen LogP contribution in [0.2, 0.25) is 0 Å². The average molecular weight is 299 g/mol. The summed E-state index contributed by atoms with van der Waals surface area (Å²) in [6.45, 7) is 7.04. The van der Waals surface area contributed by atoms with Gasteiger partial charge in [0, 0.05) is 19.1 Å². The van der Waals surface area contributed by atoms with Gasteiger partial charge in [-0.15, -0.1) is 0 Å². The summed E-state index contributed by atoms with van der Waals surface area (Å²) in [5.41, 5.74) is 0. The van der Waals surface area contributed by atoms with E-state index < -0.39 is 0 Å².